The maximum absolute atomic E-state index is 12.9. The Bertz CT molecular complexity index is 1040. The monoisotopic (exact) mass is 447 g/mol. The highest BCUT2D eigenvalue weighted by atomic mass is 16.7. The fourth-order valence-corrected chi connectivity index (χ4v) is 5.16. The van der Waals surface area contributed by atoms with Crippen molar-refractivity contribution >= 4 is 5.91 Å². The summed E-state index contributed by atoms with van der Waals surface area (Å²) < 4.78 is 12.1. The standard InChI is InChI=1S/C28H33NO4/c1-2-32-28-24(8-5-13-30)25(16-26(33-28)27(31)29-17-18-9-10-18)20-11-12-23-21(15-20)14-19-6-3-4-7-22(19)23/h3-4,6-7,11-12,15-16,18,24-25,28,30H,2,5,8-10,13-14,17H2,1H3,(H,29,31)/t24-,25-,28-/m1/s1. The summed E-state index contributed by atoms with van der Waals surface area (Å²) in [6.45, 7) is 3.28. The molecule has 1 fully saturated rings. The molecule has 0 saturated heterocycles. The molecule has 174 valence electrons. The number of hydrogen-bond acceptors (Lipinski definition) is 4. The molecule has 2 aliphatic carbocycles. The summed E-state index contributed by atoms with van der Waals surface area (Å²) in [6, 6.07) is 15.3. The van der Waals surface area contributed by atoms with E-state index in [4.69, 9.17) is 9.47 Å². The van der Waals surface area contributed by atoms with Crippen LogP contribution in [0.25, 0.3) is 11.1 Å². The third-order valence-corrected chi connectivity index (χ3v) is 7.09. The van der Waals surface area contributed by atoms with Crippen LogP contribution in [-0.4, -0.2) is 37.1 Å². The lowest BCUT2D eigenvalue weighted by Gasteiger charge is -2.37. The van der Waals surface area contributed by atoms with Gasteiger partial charge in [0, 0.05) is 31.6 Å². The van der Waals surface area contributed by atoms with Crippen LogP contribution in [0.3, 0.4) is 0 Å². The average Bonchev–Trinajstić information content (AvgIpc) is 3.59. The Morgan fingerprint density at radius 3 is 2.76 bits per heavy atom. The number of aliphatic hydroxyl groups excluding tert-OH is 1. The van der Waals surface area contributed by atoms with Crippen molar-refractivity contribution in [1.29, 1.82) is 0 Å². The predicted octanol–water partition coefficient (Wildman–Crippen LogP) is 4.53. The van der Waals surface area contributed by atoms with Crippen molar-refractivity contribution in [2.45, 2.75) is 51.2 Å². The van der Waals surface area contributed by atoms with E-state index >= 15 is 0 Å². The van der Waals surface area contributed by atoms with Gasteiger partial charge < -0.3 is 19.9 Å². The van der Waals surface area contributed by atoms with Crippen molar-refractivity contribution in [3.8, 4) is 11.1 Å². The molecule has 1 amide bonds. The molecule has 5 heteroatoms. The van der Waals surface area contributed by atoms with Crippen LogP contribution < -0.4 is 5.32 Å². The van der Waals surface area contributed by atoms with Crippen LogP contribution in [0.5, 0.6) is 0 Å². The summed E-state index contributed by atoms with van der Waals surface area (Å²) in [5.41, 5.74) is 6.45. The number of aliphatic hydroxyl groups is 1. The van der Waals surface area contributed by atoms with Crippen molar-refractivity contribution in [3.63, 3.8) is 0 Å². The number of ether oxygens (including phenoxy) is 2. The van der Waals surface area contributed by atoms with Crippen molar-refractivity contribution < 1.29 is 19.4 Å². The Hall–Kier alpha value is -2.63. The molecule has 3 aliphatic rings. The Kier molecular flexibility index (Phi) is 6.52. The third kappa shape index (κ3) is 4.71. The van der Waals surface area contributed by atoms with Crippen LogP contribution in [0.15, 0.2) is 54.3 Å². The number of fused-ring (bicyclic) bond motifs is 3. The number of nitrogens with one attached hydrogen (secondary N) is 1. The lowest BCUT2D eigenvalue weighted by atomic mass is 9.80. The van der Waals surface area contributed by atoms with Crippen LogP contribution in [0.2, 0.25) is 0 Å². The molecule has 2 aromatic carbocycles. The zero-order valence-corrected chi connectivity index (χ0v) is 19.3. The van der Waals surface area contributed by atoms with Gasteiger partial charge in [0.05, 0.1) is 0 Å². The lowest BCUT2D eigenvalue weighted by molar-refractivity contribution is -0.166. The van der Waals surface area contributed by atoms with E-state index in [1.807, 2.05) is 13.0 Å². The van der Waals surface area contributed by atoms with Gasteiger partial charge >= 0.3 is 0 Å². The van der Waals surface area contributed by atoms with Crippen molar-refractivity contribution in [2.24, 2.45) is 11.8 Å². The number of hydrogen-bond donors (Lipinski definition) is 2. The molecule has 2 aromatic rings. The minimum Gasteiger partial charge on any atom is -0.459 e. The van der Waals surface area contributed by atoms with E-state index in [1.165, 1.54) is 40.7 Å². The number of amides is 1. The van der Waals surface area contributed by atoms with Gasteiger partial charge in [0.25, 0.3) is 5.91 Å². The van der Waals surface area contributed by atoms with Crippen molar-refractivity contribution in [2.75, 3.05) is 19.8 Å². The van der Waals surface area contributed by atoms with Crippen LogP contribution in [0.4, 0.5) is 0 Å². The van der Waals surface area contributed by atoms with E-state index in [0.717, 1.165) is 12.8 Å². The Labute approximate surface area is 195 Å². The minimum atomic E-state index is -0.510. The molecule has 1 aliphatic heterocycles. The number of allylic oxidation sites excluding steroid dienone is 1. The molecule has 0 spiro atoms. The van der Waals surface area contributed by atoms with Gasteiger partial charge in [-0.25, -0.2) is 0 Å². The van der Waals surface area contributed by atoms with Crippen LogP contribution in [-0.2, 0) is 20.7 Å². The van der Waals surface area contributed by atoms with Crippen LogP contribution in [0.1, 0.15) is 55.2 Å². The lowest BCUT2D eigenvalue weighted by Crippen LogP contribution is -2.39. The number of rotatable bonds is 9. The first-order chi connectivity index (χ1) is 16.2. The summed E-state index contributed by atoms with van der Waals surface area (Å²) in [5.74, 6) is 0.803. The zero-order chi connectivity index (χ0) is 22.8. The highest BCUT2D eigenvalue weighted by molar-refractivity contribution is 5.91. The third-order valence-electron chi connectivity index (χ3n) is 7.09. The van der Waals surface area contributed by atoms with E-state index < -0.39 is 6.29 Å². The number of benzene rings is 2. The van der Waals surface area contributed by atoms with Gasteiger partial charge in [-0.15, -0.1) is 0 Å². The summed E-state index contributed by atoms with van der Waals surface area (Å²) in [4.78, 5) is 12.9. The van der Waals surface area contributed by atoms with Crippen LogP contribution >= 0.6 is 0 Å². The topological polar surface area (TPSA) is 67.8 Å². The number of carbonyl (C=O) groups is 1. The summed E-state index contributed by atoms with van der Waals surface area (Å²) >= 11 is 0. The second-order valence-electron chi connectivity index (χ2n) is 9.43. The zero-order valence-electron chi connectivity index (χ0n) is 19.3. The first-order valence-corrected chi connectivity index (χ1v) is 12.3. The summed E-state index contributed by atoms with van der Waals surface area (Å²) in [7, 11) is 0. The second-order valence-corrected chi connectivity index (χ2v) is 9.43. The first-order valence-electron chi connectivity index (χ1n) is 12.3. The van der Waals surface area contributed by atoms with E-state index in [9.17, 15) is 9.90 Å². The molecule has 0 radical (unpaired) electrons. The van der Waals surface area contributed by atoms with Gasteiger partial charge in [0.1, 0.15) is 0 Å². The minimum absolute atomic E-state index is 0.0162. The van der Waals surface area contributed by atoms with E-state index in [0.29, 0.717) is 31.2 Å². The van der Waals surface area contributed by atoms with Gasteiger partial charge in [0.15, 0.2) is 5.76 Å². The largest absolute Gasteiger partial charge is 0.459 e. The summed E-state index contributed by atoms with van der Waals surface area (Å²) in [5, 5.41) is 12.5. The maximum Gasteiger partial charge on any atom is 0.286 e. The molecule has 2 N–H and O–H groups in total. The molecule has 3 atom stereocenters. The van der Waals surface area contributed by atoms with E-state index in [1.54, 1.807) is 0 Å². The molecule has 5 nitrogen and oxygen atoms in total. The van der Waals surface area contributed by atoms with Crippen LogP contribution in [0, 0.1) is 11.8 Å². The molecule has 33 heavy (non-hydrogen) atoms. The SMILES string of the molecule is CCO[C@@H]1OC(C(=O)NCC2CC2)=C[C@H](c2ccc3c(c2)Cc2ccccc2-3)[C@H]1CCCO. The molecule has 1 saturated carbocycles. The quantitative estimate of drug-likeness (QED) is 0.506. The highest BCUT2D eigenvalue weighted by Gasteiger charge is 2.38. The van der Waals surface area contributed by atoms with E-state index in [-0.39, 0.29) is 24.3 Å². The van der Waals surface area contributed by atoms with Gasteiger partial charge in [-0.3, -0.25) is 4.79 Å². The normalized spacial score (nSPS) is 23.3. The molecule has 0 bridgehead atoms. The van der Waals surface area contributed by atoms with Gasteiger partial charge in [-0.2, -0.15) is 0 Å². The Balaban J connectivity index is 1.47. The molecule has 0 aromatic heterocycles. The smallest absolute Gasteiger partial charge is 0.286 e. The highest BCUT2D eigenvalue weighted by Crippen LogP contribution is 2.43. The molecular weight excluding hydrogens is 414 g/mol. The van der Waals surface area contributed by atoms with Gasteiger partial charge in [0.2, 0.25) is 6.29 Å². The Morgan fingerprint density at radius 1 is 1.15 bits per heavy atom. The molecular formula is C28H33NO4. The summed E-state index contributed by atoms with van der Waals surface area (Å²) in [6.07, 6.45) is 6.19. The maximum atomic E-state index is 12.9. The van der Waals surface area contributed by atoms with Crippen molar-refractivity contribution in [3.05, 3.63) is 71.0 Å². The predicted molar refractivity (Wildman–Crippen MR) is 128 cm³/mol. The average molecular weight is 448 g/mol. The second kappa shape index (κ2) is 9.70. The Morgan fingerprint density at radius 2 is 1.97 bits per heavy atom. The van der Waals surface area contributed by atoms with Gasteiger partial charge in [-0.05, 0) is 78.8 Å². The molecule has 5 rings (SSSR count). The van der Waals surface area contributed by atoms with Crippen molar-refractivity contribution in [1.82, 2.24) is 5.32 Å². The fourth-order valence-electron chi connectivity index (χ4n) is 5.16. The van der Waals surface area contributed by atoms with E-state index in [2.05, 4.69) is 47.8 Å². The molecule has 0 unspecified atom stereocenters. The van der Waals surface area contributed by atoms with Gasteiger partial charge in [-0.1, -0.05) is 42.5 Å². The first kappa shape index (κ1) is 22.2. The fraction of sp³-hybridized carbons (Fsp3) is 0.464. The molecule has 1 heterocycles. The number of carbonyl (C=O) groups excluding carboxylic acids is 1.